The van der Waals surface area contributed by atoms with Gasteiger partial charge in [0.15, 0.2) is 5.82 Å². The normalized spacial score (nSPS) is 13.9. The molecule has 4 heteroatoms. The molecule has 1 N–H and O–H groups in total. The van der Waals surface area contributed by atoms with Crippen LogP contribution >= 0.6 is 0 Å². The van der Waals surface area contributed by atoms with E-state index in [4.69, 9.17) is 9.97 Å². The van der Waals surface area contributed by atoms with Crippen LogP contribution < -0.4 is 10.2 Å². The zero-order chi connectivity index (χ0) is 31.2. The van der Waals surface area contributed by atoms with Gasteiger partial charge in [0, 0.05) is 27.8 Å². The second-order valence-electron chi connectivity index (χ2n) is 11.9. The Morgan fingerprint density at radius 2 is 1.04 bits per heavy atom. The molecule has 0 bridgehead atoms. The van der Waals surface area contributed by atoms with E-state index in [1.165, 1.54) is 32.8 Å². The van der Waals surface area contributed by atoms with Crippen LogP contribution in [-0.2, 0) is 0 Å². The highest BCUT2D eigenvalue weighted by Crippen LogP contribution is 2.51. The van der Waals surface area contributed by atoms with Crippen molar-refractivity contribution in [2.45, 2.75) is 6.17 Å². The van der Waals surface area contributed by atoms with Gasteiger partial charge in [-0.1, -0.05) is 140 Å². The SMILES string of the molecule is c1ccc(-c2cc(-c3ccccc3)nc(-c3ccc4ccc5ccc6c(c5c4c3)N(c3ccccc3)C(c3ccccc3)N6)n2)cc1. The second kappa shape index (κ2) is 11.3. The number of fused-ring (bicyclic) bond motifs is 5. The summed E-state index contributed by atoms with van der Waals surface area (Å²) in [5, 5.41) is 8.60. The molecule has 7 aromatic carbocycles. The van der Waals surface area contributed by atoms with Crippen molar-refractivity contribution in [2.24, 2.45) is 0 Å². The molecule has 47 heavy (non-hydrogen) atoms. The molecule has 1 aliphatic rings. The third kappa shape index (κ3) is 4.79. The average molecular weight is 603 g/mol. The molecule has 0 aliphatic carbocycles. The monoisotopic (exact) mass is 602 g/mol. The predicted octanol–water partition coefficient (Wildman–Crippen LogP) is 11.0. The minimum Gasteiger partial charge on any atom is -0.359 e. The summed E-state index contributed by atoms with van der Waals surface area (Å²) in [6.45, 7) is 0. The van der Waals surface area contributed by atoms with Crippen molar-refractivity contribution in [3.63, 3.8) is 0 Å². The molecule has 2 heterocycles. The lowest BCUT2D eigenvalue weighted by Gasteiger charge is -2.28. The van der Waals surface area contributed by atoms with Gasteiger partial charge in [0.2, 0.25) is 0 Å². The van der Waals surface area contributed by atoms with Crippen LogP contribution in [-0.4, -0.2) is 9.97 Å². The molecule has 8 aromatic rings. The molecule has 0 fully saturated rings. The van der Waals surface area contributed by atoms with Gasteiger partial charge in [-0.3, -0.25) is 0 Å². The van der Waals surface area contributed by atoms with E-state index in [1.807, 2.05) is 12.1 Å². The molecule has 4 nitrogen and oxygen atoms in total. The Hall–Kier alpha value is -6.26. The van der Waals surface area contributed by atoms with Crippen LogP contribution in [0.5, 0.6) is 0 Å². The highest BCUT2D eigenvalue weighted by atomic mass is 15.3. The van der Waals surface area contributed by atoms with E-state index in [-0.39, 0.29) is 6.17 Å². The summed E-state index contributed by atoms with van der Waals surface area (Å²) >= 11 is 0. The van der Waals surface area contributed by atoms with Crippen LogP contribution in [0.2, 0.25) is 0 Å². The summed E-state index contributed by atoms with van der Waals surface area (Å²) < 4.78 is 0. The third-order valence-corrected chi connectivity index (χ3v) is 9.04. The van der Waals surface area contributed by atoms with Crippen molar-refractivity contribution in [3.05, 3.63) is 175 Å². The Kier molecular flexibility index (Phi) is 6.50. The lowest BCUT2D eigenvalue weighted by atomic mass is 9.97. The van der Waals surface area contributed by atoms with E-state index in [0.29, 0.717) is 5.82 Å². The number of aromatic nitrogens is 2. The third-order valence-electron chi connectivity index (χ3n) is 9.04. The van der Waals surface area contributed by atoms with Crippen LogP contribution in [0.3, 0.4) is 0 Å². The van der Waals surface area contributed by atoms with Gasteiger partial charge < -0.3 is 10.2 Å². The van der Waals surface area contributed by atoms with E-state index in [1.54, 1.807) is 0 Å². The van der Waals surface area contributed by atoms with Gasteiger partial charge in [-0.15, -0.1) is 0 Å². The van der Waals surface area contributed by atoms with E-state index in [9.17, 15) is 0 Å². The maximum absolute atomic E-state index is 5.14. The maximum Gasteiger partial charge on any atom is 0.160 e. The fourth-order valence-corrected chi connectivity index (χ4v) is 6.80. The van der Waals surface area contributed by atoms with Crippen molar-refractivity contribution in [3.8, 4) is 33.9 Å². The summed E-state index contributed by atoms with van der Waals surface area (Å²) in [5.41, 5.74) is 9.55. The molecule has 0 saturated heterocycles. The topological polar surface area (TPSA) is 41.1 Å². The van der Waals surface area contributed by atoms with Crippen molar-refractivity contribution in [1.82, 2.24) is 9.97 Å². The summed E-state index contributed by atoms with van der Waals surface area (Å²) in [7, 11) is 0. The van der Waals surface area contributed by atoms with Gasteiger partial charge in [0.1, 0.15) is 6.17 Å². The zero-order valence-corrected chi connectivity index (χ0v) is 25.6. The summed E-state index contributed by atoms with van der Waals surface area (Å²) in [5.74, 6) is 0.705. The number of nitrogens with one attached hydrogen (secondary N) is 1. The first-order valence-corrected chi connectivity index (χ1v) is 16.0. The predicted molar refractivity (Wildman–Crippen MR) is 195 cm³/mol. The number of nitrogens with zero attached hydrogens (tertiary/aromatic N) is 3. The maximum atomic E-state index is 5.14. The van der Waals surface area contributed by atoms with E-state index in [2.05, 4.69) is 168 Å². The molecule has 0 saturated carbocycles. The van der Waals surface area contributed by atoms with Gasteiger partial charge in [-0.25, -0.2) is 9.97 Å². The first kappa shape index (κ1) is 27.1. The van der Waals surface area contributed by atoms with E-state index in [0.717, 1.165) is 39.5 Å². The minimum atomic E-state index is -0.0445. The smallest absolute Gasteiger partial charge is 0.160 e. The molecular formula is C43H30N4. The second-order valence-corrected chi connectivity index (χ2v) is 11.9. The Labute approximate surface area is 273 Å². The number of hydrogen-bond acceptors (Lipinski definition) is 4. The lowest BCUT2D eigenvalue weighted by molar-refractivity contribution is 0.830. The van der Waals surface area contributed by atoms with Gasteiger partial charge in [0.05, 0.1) is 22.8 Å². The summed E-state index contributed by atoms with van der Waals surface area (Å²) in [4.78, 5) is 12.7. The van der Waals surface area contributed by atoms with E-state index >= 15 is 0 Å². The Balaban J connectivity index is 1.28. The van der Waals surface area contributed by atoms with Gasteiger partial charge >= 0.3 is 0 Å². The fourth-order valence-electron chi connectivity index (χ4n) is 6.80. The van der Waals surface area contributed by atoms with Crippen LogP contribution in [0.25, 0.3) is 55.4 Å². The number of rotatable bonds is 5. The van der Waals surface area contributed by atoms with Crippen LogP contribution in [0, 0.1) is 0 Å². The molecule has 0 amide bonds. The number of hydrogen-bond donors (Lipinski definition) is 1. The first-order chi connectivity index (χ1) is 23.3. The molecule has 1 aliphatic heterocycles. The Bertz CT molecular complexity index is 2320. The standard InChI is InChI=1S/C43H30N4/c1-5-13-30(14-6-1)38-28-39(31-15-7-2-8-16-31)45-42(44-38)34-24-22-29-21-23-32-25-26-37-41(40(32)36(29)27-34)47(35-19-11-4-12-20-35)43(46-37)33-17-9-3-10-18-33/h1-28,43,46H. The highest BCUT2D eigenvalue weighted by molar-refractivity contribution is 6.18. The van der Waals surface area contributed by atoms with Crippen molar-refractivity contribution >= 4 is 38.6 Å². The lowest BCUT2D eigenvalue weighted by Crippen LogP contribution is -2.23. The molecule has 1 unspecified atom stereocenters. The first-order valence-electron chi connectivity index (χ1n) is 16.0. The molecule has 222 valence electrons. The molecule has 9 rings (SSSR count). The summed E-state index contributed by atoms with van der Waals surface area (Å²) in [6, 6.07) is 59.6. The number of anilines is 3. The van der Waals surface area contributed by atoms with Crippen molar-refractivity contribution < 1.29 is 0 Å². The largest absolute Gasteiger partial charge is 0.359 e. The molecular weight excluding hydrogens is 573 g/mol. The van der Waals surface area contributed by atoms with Crippen LogP contribution in [0.4, 0.5) is 17.1 Å². The minimum absolute atomic E-state index is 0.0445. The van der Waals surface area contributed by atoms with Gasteiger partial charge in [-0.05, 0) is 52.1 Å². The molecule has 1 aromatic heterocycles. The van der Waals surface area contributed by atoms with Crippen LogP contribution in [0.1, 0.15) is 11.7 Å². The number of benzene rings is 7. The fraction of sp³-hybridized carbons (Fsp3) is 0.0233. The Morgan fingerprint density at radius 1 is 0.489 bits per heavy atom. The Morgan fingerprint density at radius 3 is 1.70 bits per heavy atom. The van der Waals surface area contributed by atoms with E-state index < -0.39 is 0 Å². The average Bonchev–Trinajstić information content (AvgIpc) is 3.56. The molecule has 0 spiro atoms. The van der Waals surface area contributed by atoms with Gasteiger partial charge in [0.25, 0.3) is 0 Å². The molecule has 0 radical (unpaired) electrons. The van der Waals surface area contributed by atoms with Crippen molar-refractivity contribution in [1.29, 1.82) is 0 Å². The summed E-state index contributed by atoms with van der Waals surface area (Å²) in [6.07, 6.45) is -0.0445. The zero-order valence-electron chi connectivity index (χ0n) is 25.6. The quantitative estimate of drug-likeness (QED) is 0.199. The van der Waals surface area contributed by atoms with Crippen LogP contribution in [0.15, 0.2) is 170 Å². The van der Waals surface area contributed by atoms with Gasteiger partial charge in [-0.2, -0.15) is 0 Å². The van der Waals surface area contributed by atoms with Crippen molar-refractivity contribution in [2.75, 3.05) is 10.2 Å². The highest BCUT2D eigenvalue weighted by Gasteiger charge is 2.33. The number of para-hydroxylation sites is 1. The molecule has 1 atom stereocenters.